The lowest BCUT2D eigenvalue weighted by Gasteiger charge is -2.21. The monoisotopic (exact) mass is 366 g/mol. The van der Waals surface area contributed by atoms with Gasteiger partial charge in [-0.2, -0.15) is 13.2 Å². The first kappa shape index (κ1) is 19.9. The van der Waals surface area contributed by atoms with Crippen molar-refractivity contribution in [3.8, 4) is 0 Å². The third-order valence-electron chi connectivity index (χ3n) is 3.79. The van der Waals surface area contributed by atoms with Gasteiger partial charge in [0.1, 0.15) is 6.54 Å². The molecule has 0 fully saturated rings. The van der Waals surface area contributed by atoms with Crippen LogP contribution in [0.1, 0.15) is 27.6 Å². The van der Waals surface area contributed by atoms with Crippen molar-refractivity contribution in [3.05, 3.63) is 71.3 Å². The first-order chi connectivity index (χ1) is 12.2. The number of alkyl halides is 3. The van der Waals surface area contributed by atoms with E-state index >= 15 is 0 Å². The number of hydrogen-bond donors (Lipinski definition) is 2. The van der Waals surface area contributed by atoms with E-state index in [0.717, 1.165) is 11.1 Å². The Morgan fingerprint density at radius 1 is 1.12 bits per heavy atom. The van der Waals surface area contributed by atoms with Gasteiger partial charge in [-0.25, -0.2) is 0 Å². The Labute approximate surface area is 150 Å². The number of amides is 1. The SMILES string of the molecule is CN(Cc1ccc(C(=O)NCC(F)(F)F)cc1)C[C@@H](O)c1ccccc1. The van der Waals surface area contributed by atoms with Crippen LogP contribution in [-0.4, -0.2) is 42.2 Å². The van der Waals surface area contributed by atoms with Crippen LogP contribution >= 0.6 is 0 Å². The first-order valence-corrected chi connectivity index (χ1v) is 8.10. The molecule has 26 heavy (non-hydrogen) atoms. The van der Waals surface area contributed by atoms with E-state index in [0.29, 0.717) is 13.1 Å². The lowest BCUT2D eigenvalue weighted by Crippen LogP contribution is -2.33. The summed E-state index contributed by atoms with van der Waals surface area (Å²) in [7, 11) is 1.86. The number of benzene rings is 2. The van der Waals surface area contributed by atoms with Crippen molar-refractivity contribution in [2.75, 3.05) is 20.1 Å². The molecule has 1 atom stereocenters. The predicted octanol–water partition coefficient (Wildman–Crippen LogP) is 3.14. The molecule has 1 amide bonds. The fraction of sp³-hybridized carbons (Fsp3) is 0.316. The highest BCUT2D eigenvalue weighted by atomic mass is 19.4. The zero-order valence-corrected chi connectivity index (χ0v) is 14.3. The van der Waals surface area contributed by atoms with Crippen molar-refractivity contribution in [2.24, 2.45) is 0 Å². The Kier molecular flexibility index (Phi) is 6.76. The molecular weight excluding hydrogens is 345 g/mol. The van der Waals surface area contributed by atoms with Crippen LogP contribution in [0.25, 0.3) is 0 Å². The maximum atomic E-state index is 12.1. The van der Waals surface area contributed by atoms with Gasteiger partial charge in [-0.05, 0) is 30.3 Å². The van der Waals surface area contributed by atoms with Crippen molar-refractivity contribution in [1.82, 2.24) is 10.2 Å². The molecule has 0 aliphatic rings. The van der Waals surface area contributed by atoms with Crippen LogP contribution in [0.15, 0.2) is 54.6 Å². The molecule has 0 saturated heterocycles. The minimum absolute atomic E-state index is 0.171. The van der Waals surface area contributed by atoms with E-state index in [9.17, 15) is 23.1 Å². The molecule has 0 radical (unpaired) electrons. The first-order valence-electron chi connectivity index (χ1n) is 8.10. The fourth-order valence-corrected chi connectivity index (χ4v) is 2.50. The molecular formula is C19H21F3N2O2. The molecule has 2 N–H and O–H groups in total. The third kappa shape index (κ3) is 6.50. The van der Waals surface area contributed by atoms with Gasteiger partial charge < -0.3 is 10.4 Å². The third-order valence-corrected chi connectivity index (χ3v) is 3.79. The maximum absolute atomic E-state index is 12.1. The number of nitrogens with zero attached hydrogens (tertiary/aromatic N) is 1. The molecule has 0 unspecified atom stereocenters. The molecule has 7 heteroatoms. The van der Waals surface area contributed by atoms with E-state index in [2.05, 4.69) is 0 Å². The Morgan fingerprint density at radius 3 is 2.31 bits per heavy atom. The average Bonchev–Trinajstić information content (AvgIpc) is 2.60. The number of likely N-dealkylation sites (N-methyl/N-ethyl adjacent to an activating group) is 1. The number of hydrogen-bond acceptors (Lipinski definition) is 3. The largest absolute Gasteiger partial charge is 0.405 e. The van der Waals surface area contributed by atoms with Crippen LogP contribution < -0.4 is 5.32 Å². The topological polar surface area (TPSA) is 52.6 Å². The number of aliphatic hydroxyl groups is 1. The Hall–Kier alpha value is -2.38. The lowest BCUT2D eigenvalue weighted by atomic mass is 10.1. The minimum atomic E-state index is -4.43. The van der Waals surface area contributed by atoms with E-state index in [1.807, 2.05) is 47.6 Å². The number of rotatable bonds is 7. The Balaban J connectivity index is 1.87. The number of aliphatic hydroxyl groups excluding tert-OH is 1. The summed E-state index contributed by atoms with van der Waals surface area (Å²) in [6.07, 6.45) is -5.05. The highest BCUT2D eigenvalue weighted by Crippen LogP contribution is 2.15. The standard InChI is InChI=1S/C19H21F3N2O2/c1-24(12-17(25)15-5-3-2-4-6-15)11-14-7-9-16(10-8-14)18(26)23-13-19(20,21)22/h2-10,17,25H,11-13H2,1H3,(H,23,26)/t17-/m1/s1. The highest BCUT2D eigenvalue weighted by Gasteiger charge is 2.27. The van der Waals surface area contributed by atoms with E-state index in [1.165, 1.54) is 12.1 Å². The van der Waals surface area contributed by atoms with Crippen LogP contribution in [0.5, 0.6) is 0 Å². The second kappa shape index (κ2) is 8.82. The average molecular weight is 366 g/mol. The number of carbonyl (C=O) groups excluding carboxylic acids is 1. The Bertz CT molecular complexity index is 703. The van der Waals surface area contributed by atoms with Gasteiger partial charge in [0.25, 0.3) is 5.91 Å². The zero-order valence-electron chi connectivity index (χ0n) is 14.3. The summed E-state index contributed by atoms with van der Waals surface area (Å²) in [5, 5.41) is 12.1. The normalized spacial score (nSPS) is 12.8. The van der Waals surface area contributed by atoms with Crippen LogP contribution in [0.3, 0.4) is 0 Å². The second-order valence-electron chi connectivity index (χ2n) is 6.12. The molecule has 0 aliphatic heterocycles. The van der Waals surface area contributed by atoms with Crippen molar-refractivity contribution >= 4 is 5.91 Å². The molecule has 0 spiro atoms. The summed E-state index contributed by atoms with van der Waals surface area (Å²) in [6, 6.07) is 15.7. The van der Waals surface area contributed by atoms with Gasteiger partial charge in [-0.15, -0.1) is 0 Å². The van der Waals surface area contributed by atoms with Gasteiger partial charge >= 0.3 is 6.18 Å². The fourth-order valence-electron chi connectivity index (χ4n) is 2.50. The molecule has 2 aromatic rings. The smallest absolute Gasteiger partial charge is 0.387 e. The zero-order chi connectivity index (χ0) is 19.2. The summed E-state index contributed by atoms with van der Waals surface area (Å²) in [5.74, 6) is -0.762. The van der Waals surface area contributed by atoms with E-state index in [4.69, 9.17) is 0 Å². The van der Waals surface area contributed by atoms with Crippen molar-refractivity contribution in [2.45, 2.75) is 18.8 Å². The van der Waals surface area contributed by atoms with Crippen LogP contribution in [0, 0.1) is 0 Å². The summed E-state index contributed by atoms with van der Waals surface area (Å²) in [5.41, 5.74) is 1.89. The van der Waals surface area contributed by atoms with Crippen LogP contribution in [0.2, 0.25) is 0 Å². The number of nitrogens with one attached hydrogen (secondary N) is 1. The van der Waals surface area contributed by atoms with Crippen LogP contribution in [0.4, 0.5) is 13.2 Å². The van der Waals surface area contributed by atoms with E-state index in [-0.39, 0.29) is 5.56 Å². The van der Waals surface area contributed by atoms with Crippen molar-refractivity contribution in [1.29, 1.82) is 0 Å². The molecule has 0 aromatic heterocycles. The molecule has 2 aromatic carbocycles. The minimum Gasteiger partial charge on any atom is -0.387 e. The predicted molar refractivity (Wildman–Crippen MR) is 92.6 cm³/mol. The van der Waals surface area contributed by atoms with Crippen LogP contribution in [-0.2, 0) is 6.54 Å². The summed E-state index contributed by atoms with van der Waals surface area (Å²) in [4.78, 5) is 13.6. The quantitative estimate of drug-likeness (QED) is 0.792. The second-order valence-corrected chi connectivity index (χ2v) is 6.12. The van der Waals surface area contributed by atoms with E-state index in [1.54, 1.807) is 12.1 Å². The van der Waals surface area contributed by atoms with Gasteiger partial charge in [-0.3, -0.25) is 9.69 Å². The molecule has 140 valence electrons. The molecule has 0 saturated carbocycles. The molecule has 0 heterocycles. The summed E-state index contributed by atoms with van der Waals surface area (Å²) >= 11 is 0. The molecule has 0 bridgehead atoms. The molecule has 0 aliphatic carbocycles. The van der Waals surface area contributed by atoms with Gasteiger partial charge in [0.2, 0.25) is 0 Å². The van der Waals surface area contributed by atoms with Gasteiger partial charge in [0.15, 0.2) is 0 Å². The summed E-state index contributed by atoms with van der Waals surface area (Å²) in [6.45, 7) is -0.389. The molecule has 4 nitrogen and oxygen atoms in total. The molecule has 2 rings (SSSR count). The lowest BCUT2D eigenvalue weighted by molar-refractivity contribution is -0.123. The number of halogens is 3. The van der Waals surface area contributed by atoms with Gasteiger partial charge in [0.05, 0.1) is 6.10 Å². The highest BCUT2D eigenvalue weighted by molar-refractivity contribution is 5.94. The summed E-state index contributed by atoms with van der Waals surface area (Å²) < 4.78 is 36.4. The van der Waals surface area contributed by atoms with Gasteiger partial charge in [-0.1, -0.05) is 42.5 Å². The van der Waals surface area contributed by atoms with E-state index < -0.39 is 24.7 Å². The van der Waals surface area contributed by atoms with Crippen molar-refractivity contribution < 1.29 is 23.1 Å². The van der Waals surface area contributed by atoms with Gasteiger partial charge in [0, 0.05) is 18.7 Å². The van der Waals surface area contributed by atoms with Crippen molar-refractivity contribution in [3.63, 3.8) is 0 Å². The maximum Gasteiger partial charge on any atom is 0.405 e. The Morgan fingerprint density at radius 2 is 1.73 bits per heavy atom. The number of carbonyl (C=O) groups is 1.